The quantitative estimate of drug-likeness (QED) is 0.488. The molecule has 2 heterocycles. The number of carbonyl (C=O) groups is 1. The maximum absolute atomic E-state index is 12.9. The van der Waals surface area contributed by atoms with Crippen LogP contribution in [0.4, 0.5) is 5.82 Å². The lowest BCUT2D eigenvalue weighted by Gasteiger charge is -2.09. The van der Waals surface area contributed by atoms with Crippen LogP contribution in [0.15, 0.2) is 53.4 Å². The third-order valence-corrected chi connectivity index (χ3v) is 6.71. The van der Waals surface area contributed by atoms with Crippen molar-refractivity contribution in [3.63, 3.8) is 0 Å². The Morgan fingerprint density at radius 1 is 1.14 bits per heavy atom. The third kappa shape index (κ3) is 3.00. The first-order chi connectivity index (χ1) is 13.7. The number of rotatable bonds is 4. The number of hydrogen-bond acceptors (Lipinski definition) is 5. The van der Waals surface area contributed by atoms with Gasteiger partial charge in [0.2, 0.25) is 5.13 Å². The first-order valence-corrected chi connectivity index (χ1v) is 11.2. The van der Waals surface area contributed by atoms with E-state index in [-0.39, 0.29) is 5.91 Å². The zero-order valence-corrected chi connectivity index (χ0v) is 16.9. The molecule has 2 aromatic heterocycles. The fourth-order valence-corrected chi connectivity index (χ4v) is 4.86. The second-order valence-electron chi connectivity index (χ2n) is 6.69. The van der Waals surface area contributed by atoms with Crippen molar-refractivity contribution in [2.24, 2.45) is 0 Å². The van der Waals surface area contributed by atoms with Crippen molar-refractivity contribution in [2.75, 3.05) is 11.6 Å². The summed E-state index contributed by atoms with van der Waals surface area (Å²) in [6, 6.07) is 15.7. The van der Waals surface area contributed by atoms with E-state index in [1.54, 1.807) is 23.1 Å². The molecule has 0 atom stereocenters. The molecule has 5 nitrogen and oxygen atoms in total. The number of hydrogen-bond donors (Lipinski definition) is 1. The van der Waals surface area contributed by atoms with Gasteiger partial charge in [-0.15, -0.1) is 11.8 Å². The average Bonchev–Trinajstić information content (AvgIpc) is 3.43. The van der Waals surface area contributed by atoms with E-state index in [2.05, 4.69) is 11.4 Å². The van der Waals surface area contributed by atoms with Crippen molar-refractivity contribution in [3.05, 3.63) is 65.4 Å². The van der Waals surface area contributed by atoms with Gasteiger partial charge in [0.25, 0.3) is 5.91 Å². The molecule has 0 saturated carbocycles. The molecule has 0 fully saturated rings. The number of aryl methyl sites for hydroxylation is 1. The van der Waals surface area contributed by atoms with Gasteiger partial charge in [0, 0.05) is 16.0 Å². The molecule has 1 N–H and O–H groups in total. The van der Waals surface area contributed by atoms with Crippen LogP contribution < -0.4 is 5.32 Å². The number of amides is 1. The normalized spacial score (nSPS) is 13.0. The molecule has 5 rings (SSSR count). The highest BCUT2D eigenvalue weighted by Crippen LogP contribution is 2.34. The zero-order valence-electron chi connectivity index (χ0n) is 15.3. The van der Waals surface area contributed by atoms with Crippen molar-refractivity contribution in [1.82, 2.24) is 14.8 Å². The van der Waals surface area contributed by atoms with Crippen molar-refractivity contribution in [3.8, 4) is 5.13 Å². The van der Waals surface area contributed by atoms with Gasteiger partial charge in [0.15, 0.2) is 0 Å². The SMILES string of the molecule is CSc1ccc(C(=O)Nc2c3c(nn2-c2nc4ccccc4s2)CCC3)cc1. The number of fused-ring (bicyclic) bond motifs is 2. The van der Waals surface area contributed by atoms with E-state index in [1.165, 1.54) is 0 Å². The number of thiazole rings is 1. The molecule has 1 amide bonds. The van der Waals surface area contributed by atoms with E-state index in [9.17, 15) is 4.79 Å². The lowest BCUT2D eigenvalue weighted by Crippen LogP contribution is -2.16. The van der Waals surface area contributed by atoms with Crippen LogP contribution in [0.1, 0.15) is 28.0 Å². The van der Waals surface area contributed by atoms with E-state index >= 15 is 0 Å². The smallest absolute Gasteiger partial charge is 0.256 e. The van der Waals surface area contributed by atoms with Crippen LogP contribution >= 0.6 is 23.1 Å². The number of nitrogens with zero attached hydrogens (tertiary/aromatic N) is 3. The van der Waals surface area contributed by atoms with E-state index in [0.29, 0.717) is 5.56 Å². The fourth-order valence-electron chi connectivity index (χ4n) is 3.53. The topological polar surface area (TPSA) is 59.8 Å². The maximum Gasteiger partial charge on any atom is 0.256 e. The lowest BCUT2D eigenvalue weighted by molar-refractivity contribution is 0.102. The summed E-state index contributed by atoms with van der Waals surface area (Å²) in [4.78, 5) is 18.8. The number of para-hydroxylation sites is 1. The van der Waals surface area contributed by atoms with E-state index < -0.39 is 0 Å². The van der Waals surface area contributed by atoms with Gasteiger partial charge >= 0.3 is 0 Å². The summed E-state index contributed by atoms with van der Waals surface area (Å²) in [6.45, 7) is 0. The second-order valence-corrected chi connectivity index (χ2v) is 8.57. The van der Waals surface area contributed by atoms with Gasteiger partial charge in [-0.05, 0) is 61.9 Å². The minimum atomic E-state index is -0.121. The summed E-state index contributed by atoms with van der Waals surface area (Å²) >= 11 is 3.24. The van der Waals surface area contributed by atoms with Gasteiger partial charge in [-0.25, -0.2) is 4.98 Å². The third-order valence-electron chi connectivity index (χ3n) is 4.95. The number of benzene rings is 2. The summed E-state index contributed by atoms with van der Waals surface area (Å²) in [7, 11) is 0. The molecule has 4 aromatic rings. The molecule has 0 aliphatic heterocycles. The molecular formula is C21H18N4OS2. The number of nitrogens with one attached hydrogen (secondary N) is 1. The van der Waals surface area contributed by atoms with Gasteiger partial charge in [-0.1, -0.05) is 23.5 Å². The molecule has 0 spiro atoms. The molecular weight excluding hydrogens is 388 g/mol. The van der Waals surface area contributed by atoms with Crippen LogP contribution in [-0.4, -0.2) is 26.9 Å². The molecule has 1 aliphatic rings. The van der Waals surface area contributed by atoms with E-state index in [4.69, 9.17) is 10.1 Å². The van der Waals surface area contributed by atoms with E-state index in [0.717, 1.165) is 56.6 Å². The highest BCUT2D eigenvalue weighted by molar-refractivity contribution is 7.98. The Bertz CT molecular complexity index is 1140. The summed E-state index contributed by atoms with van der Waals surface area (Å²) in [5, 5.41) is 8.67. The van der Waals surface area contributed by atoms with Crippen molar-refractivity contribution < 1.29 is 4.79 Å². The molecule has 140 valence electrons. The molecule has 0 bridgehead atoms. The van der Waals surface area contributed by atoms with Crippen molar-refractivity contribution in [2.45, 2.75) is 24.2 Å². The van der Waals surface area contributed by atoms with Crippen molar-refractivity contribution in [1.29, 1.82) is 0 Å². The highest BCUT2D eigenvalue weighted by atomic mass is 32.2. The van der Waals surface area contributed by atoms with Gasteiger partial charge in [-0.2, -0.15) is 9.78 Å². The Labute approximate surface area is 170 Å². The molecule has 0 radical (unpaired) electrons. The average molecular weight is 407 g/mol. The summed E-state index contributed by atoms with van der Waals surface area (Å²) < 4.78 is 2.92. The standard InChI is InChI=1S/C21H18N4OS2/c1-27-14-11-9-13(10-12-14)20(26)23-19-15-5-4-7-16(15)24-25(19)21-22-17-6-2-3-8-18(17)28-21/h2-3,6,8-12H,4-5,7H2,1H3,(H,23,26). The highest BCUT2D eigenvalue weighted by Gasteiger charge is 2.25. The minimum Gasteiger partial charge on any atom is -0.306 e. The van der Waals surface area contributed by atoms with Gasteiger partial charge < -0.3 is 5.32 Å². The van der Waals surface area contributed by atoms with Gasteiger partial charge in [0.1, 0.15) is 5.82 Å². The summed E-state index contributed by atoms with van der Waals surface area (Å²) in [5.41, 5.74) is 3.78. The summed E-state index contributed by atoms with van der Waals surface area (Å²) in [6.07, 6.45) is 4.97. The van der Waals surface area contributed by atoms with Crippen LogP contribution in [0.3, 0.4) is 0 Å². The van der Waals surface area contributed by atoms with Crippen LogP contribution in [-0.2, 0) is 12.8 Å². The maximum atomic E-state index is 12.9. The predicted molar refractivity (Wildman–Crippen MR) is 115 cm³/mol. The van der Waals surface area contributed by atoms with Crippen LogP contribution in [0.25, 0.3) is 15.3 Å². The molecule has 7 heteroatoms. The number of aromatic nitrogens is 3. The Kier molecular flexibility index (Phi) is 4.41. The molecule has 1 aliphatic carbocycles. The Hall–Kier alpha value is -2.64. The molecule has 2 aromatic carbocycles. The molecule has 0 saturated heterocycles. The molecule has 0 unspecified atom stereocenters. The van der Waals surface area contributed by atoms with Gasteiger partial charge in [0.05, 0.1) is 15.9 Å². The summed E-state index contributed by atoms with van der Waals surface area (Å²) in [5.74, 6) is 0.634. The number of carbonyl (C=O) groups excluding carboxylic acids is 1. The number of anilines is 1. The van der Waals surface area contributed by atoms with Crippen LogP contribution in [0.5, 0.6) is 0 Å². The Balaban J connectivity index is 1.54. The first kappa shape index (κ1) is 17.5. The second kappa shape index (κ2) is 7.07. The largest absolute Gasteiger partial charge is 0.306 e. The van der Waals surface area contributed by atoms with Crippen LogP contribution in [0.2, 0.25) is 0 Å². The molecule has 28 heavy (non-hydrogen) atoms. The number of thioether (sulfide) groups is 1. The van der Waals surface area contributed by atoms with E-state index in [1.807, 2.05) is 53.4 Å². The Morgan fingerprint density at radius 3 is 2.75 bits per heavy atom. The monoisotopic (exact) mass is 406 g/mol. The Morgan fingerprint density at radius 2 is 1.96 bits per heavy atom. The lowest BCUT2D eigenvalue weighted by atomic mass is 10.2. The first-order valence-electron chi connectivity index (χ1n) is 9.15. The van der Waals surface area contributed by atoms with Crippen molar-refractivity contribution >= 4 is 45.0 Å². The zero-order chi connectivity index (χ0) is 19.1. The van der Waals surface area contributed by atoms with Gasteiger partial charge in [-0.3, -0.25) is 4.79 Å². The minimum absolute atomic E-state index is 0.121. The van der Waals surface area contributed by atoms with Crippen LogP contribution in [0, 0.1) is 0 Å². The predicted octanol–water partition coefficient (Wildman–Crippen LogP) is 4.94. The fraction of sp³-hybridized carbons (Fsp3) is 0.190.